The van der Waals surface area contributed by atoms with E-state index in [1.165, 1.54) is 0 Å². The monoisotopic (exact) mass is 314 g/mol. The molecule has 0 radical (unpaired) electrons. The molecule has 1 aromatic heterocycles. The standard InChI is InChI=1S/C14H23N2O4P/c1-2-3-6-21(18,19)10-12-8-16-13(9-20-12)11-4-5-15-14(17)7-11/h4-5,7,12-13,16H,2-3,6,8-10H2,1H3,(H,15,17)(H,18,19)/t12-,13+/m1/s1. The van der Waals surface area contributed by atoms with Gasteiger partial charge in [0.05, 0.1) is 24.9 Å². The Bertz CT molecular complexity index is 552. The number of pyridine rings is 1. The molecule has 0 bridgehead atoms. The molecule has 1 saturated heterocycles. The Hall–Kier alpha value is -0.940. The molecule has 2 heterocycles. The highest BCUT2D eigenvalue weighted by Crippen LogP contribution is 2.42. The highest BCUT2D eigenvalue weighted by molar-refractivity contribution is 7.58. The summed E-state index contributed by atoms with van der Waals surface area (Å²) in [5.41, 5.74) is 0.728. The van der Waals surface area contributed by atoms with Crippen LogP contribution < -0.4 is 10.9 Å². The molecule has 1 aromatic rings. The van der Waals surface area contributed by atoms with E-state index >= 15 is 0 Å². The van der Waals surface area contributed by atoms with Crippen molar-refractivity contribution < 1.29 is 14.2 Å². The molecule has 118 valence electrons. The van der Waals surface area contributed by atoms with Crippen molar-refractivity contribution in [1.29, 1.82) is 0 Å². The molecule has 6 nitrogen and oxygen atoms in total. The normalized spacial score (nSPS) is 25.4. The van der Waals surface area contributed by atoms with E-state index in [0.717, 1.165) is 18.4 Å². The van der Waals surface area contributed by atoms with Crippen LogP contribution in [0, 0.1) is 0 Å². The number of unbranched alkanes of at least 4 members (excludes halogenated alkanes) is 1. The number of hydrogen-bond acceptors (Lipinski definition) is 4. The minimum absolute atomic E-state index is 0.0442. The maximum absolute atomic E-state index is 12.0. The van der Waals surface area contributed by atoms with Crippen LogP contribution in [-0.4, -0.2) is 41.5 Å². The van der Waals surface area contributed by atoms with E-state index in [2.05, 4.69) is 10.3 Å². The molecule has 0 amide bonds. The van der Waals surface area contributed by atoms with Crippen LogP contribution in [-0.2, 0) is 9.30 Å². The van der Waals surface area contributed by atoms with Crippen LogP contribution in [0.4, 0.5) is 0 Å². The fourth-order valence-electron chi connectivity index (χ4n) is 2.45. The summed E-state index contributed by atoms with van der Waals surface area (Å²) in [6, 6.07) is 3.33. The fourth-order valence-corrected chi connectivity index (χ4v) is 4.31. The summed E-state index contributed by atoms with van der Waals surface area (Å²) < 4.78 is 17.7. The van der Waals surface area contributed by atoms with E-state index in [1.54, 1.807) is 12.3 Å². The topological polar surface area (TPSA) is 91.4 Å². The van der Waals surface area contributed by atoms with Gasteiger partial charge >= 0.3 is 0 Å². The lowest BCUT2D eigenvalue weighted by Gasteiger charge is -2.31. The lowest BCUT2D eigenvalue weighted by atomic mass is 10.1. The summed E-state index contributed by atoms with van der Waals surface area (Å²) in [5.74, 6) is 0. The van der Waals surface area contributed by atoms with Gasteiger partial charge in [0.1, 0.15) is 0 Å². The molecular weight excluding hydrogens is 291 g/mol. The largest absolute Gasteiger partial charge is 0.374 e. The zero-order valence-electron chi connectivity index (χ0n) is 12.2. The van der Waals surface area contributed by atoms with E-state index in [9.17, 15) is 14.3 Å². The molecule has 0 aliphatic carbocycles. The predicted octanol–water partition coefficient (Wildman–Crippen LogP) is 1.47. The van der Waals surface area contributed by atoms with Crippen molar-refractivity contribution in [2.45, 2.75) is 31.9 Å². The lowest BCUT2D eigenvalue weighted by Crippen LogP contribution is -2.43. The number of aromatic nitrogens is 1. The molecule has 1 aliphatic rings. The average molecular weight is 314 g/mol. The van der Waals surface area contributed by atoms with Gasteiger partial charge in [0, 0.05) is 25.0 Å². The average Bonchev–Trinajstić information content (AvgIpc) is 2.46. The van der Waals surface area contributed by atoms with Crippen LogP contribution >= 0.6 is 7.37 Å². The molecule has 3 atom stereocenters. The lowest BCUT2D eigenvalue weighted by molar-refractivity contribution is 0.0156. The second kappa shape index (κ2) is 7.36. The Kier molecular flexibility index (Phi) is 5.76. The van der Waals surface area contributed by atoms with E-state index in [4.69, 9.17) is 4.74 Å². The second-order valence-corrected chi connectivity index (χ2v) is 8.01. The van der Waals surface area contributed by atoms with E-state index in [1.807, 2.05) is 13.0 Å². The SMILES string of the molecule is CCCCP(=O)(O)C[C@H]1CN[C@H](c2cc[nH]c(=O)c2)CO1. The smallest absolute Gasteiger partial charge is 0.248 e. The Labute approximate surface area is 124 Å². The number of morpholine rings is 1. The summed E-state index contributed by atoms with van der Waals surface area (Å²) in [6.45, 7) is 2.93. The third-order valence-electron chi connectivity index (χ3n) is 3.64. The minimum atomic E-state index is -3.10. The minimum Gasteiger partial charge on any atom is -0.374 e. The fraction of sp³-hybridized carbons (Fsp3) is 0.643. The van der Waals surface area contributed by atoms with Gasteiger partial charge in [-0.1, -0.05) is 13.3 Å². The van der Waals surface area contributed by atoms with Crippen molar-refractivity contribution in [1.82, 2.24) is 10.3 Å². The zero-order chi connectivity index (χ0) is 15.3. The Morgan fingerprint density at radius 2 is 2.33 bits per heavy atom. The van der Waals surface area contributed by atoms with E-state index < -0.39 is 7.37 Å². The molecule has 0 spiro atoms. The maximum Gasteiger partial charge on any atom is 0.248 e. The summed E-state index contributed by atoms with van der Waals surface area (Å²) in [5, 5.41) is 3.28. The molecule has 21 heavy (non-hydrogen) atoms. The van der Waals surface area contributed by atoms with Gasteiger partial charge in [-0.2, -0.15) is 0 Å². The molecule has 0 aromatic carbocycles. The predicted molar refractivity (Wildman–Crippen MR) is 82.0 cm³/mol. The number of rotatable bonds is 6. The van der Waals surface area contributed by atoms with Crippen molar-refractivity contribution in [3.05, 3.63) is 34.2 Å². The zero-order valence-corrected chi connectivity index (χ0v) is 13.1. The van der Waals surface area contributed by atoms with Crippen LogP contribution in [0.2, 0.25) is 0 Å². The van der Waals surface area contributed by atoms with Gasteiger partial charge in [-0.05, 0) is 18.1 Å². The first-order valence-corrected chi connectivity index (χ1v) is 9.37. The van der Waals surface area contributed by atoms with Crippen LogP contribution in [0.1, 0.15) is 31.4 Å². The first kappa shape index (κ1) is 16.4. The molecule has 1 fully saturated rings. The molecular formula is C14H23N2O4P. The quantitative estimate of drug-likeness (QED) is 0.692. The molecule has 7 heteroatoms. The van der Waals surface area contributed by atoms with Crippen molar-refractivity contribution in [2.24, 2.45) is 0 Å². The number of ether oxygens (including phenoxy) is 1. The molecule has 2 rings (SSSR count). The van der Waals surface area contributed by atoms with Crippen LogP contribution in [0.5, 0.6) is 0 Å². The number of H-pyrrole nitrogens is 1. The second-order valence-electron chi connectivity index (χ2n) is 5.51. The van der Waals surface area contributed by atoms with E-state index in [0.29, 0.717) is 19.3 Å². The summed E-state index contributed by atoms with van der Waals surface area (Å²) in [4.78, 5) is 23.8. The number of nitrogens with one attached hydrogen (secondary N) is 2. The van der Waals surface area contributed by atoms with Crippen LogP contribution in [0.15, 0.2) is 23.1 Å². The molecule has 1 aliphatic heterocycles. The number of aromatic amines is 1. The van der Waals surface area contributed by atoms with Gasteiger partial charge < -0.3 is 19.9 Å². The summed E-state index contributed by atoms with van der Waals surface area (Å²) >= 11 is 0. The first-order valence-electron chi connectivity index (χ1n) is 7.34. The third kappa shape index (κ3) is 5.08. The summed E-state index contributed by atoms with van der Waals surface area (Å²) in [7, 11) is -3.10. The van der Waals surface area contributed by atoms with Gasteiger partial charge in [-0.15, -0.1) is 0 Å². The van der Waals surface area contributed by atoms with Gasteiger partial charge in [0.15, 0.2) is 0 Å². The van der Waals surface area contributed by atoms with Gasteiger partial charge in [-0.3, -0.25) is 9.36 Å². The number of hydrogen-bond donors (Lipinski definition) is 3. The van der Waals surface area contributed by atoms with Crippen molar-refractivity contribution in [3.63, 3.8) is 0 Å². The summed E-state index contributed by atoms with van der Waals surface area (Å²) in [6.07, 6.45) is 3.61. The molecule has 1 unspecified atom stereocenters. The Morgan fingerprint density at radius 1 is 1.52 bits per heavy atom. The highest BCUT2D eigenvalue weighted by Gasteiger charge is 2.28. The van der Waals surface area contributed by atoms with Gasteiger partial charge in [0.2, 0.25) is 12.9 Å². The van der Waals surface area contributed by atoms with Gasteiger partial charge in [0.25, 0.3) is 0 Å². The van der Waals surface area contributed by atoms with Crippen molar-refractivity contribution in [2.75, 3.05) is 25.5 Å². The molecule has 3 N–H and O–H groups in total. The highest BCUT2D eigenvalue weighted by atomic mass is 31.2. The first-order chi connectivity index (χ1) is 10.00. The molecule has 0 saturated carbocycles. The van der Waals surface area contributed by atoms with Crippen LogP contribution in [0.25, 0.3) is 0 Å². The third-order valence-corrected chi connectivity index (χ3v) is 5.63. The Balaban J connectivity index is 1.86. The van der Waals surface area contributed by atoms with Gasteiger partial charge in [-0.25, -0.2) is 0 Å². The maximum atomic E-state index is 12.0. The van der Waals surface area contributed by atoms with Crippen molar-refractivity contribution >= 4 is 7.37 Å². The van der Waals surface area contributed by atoms with Crippen LogP contribution in [0.3, 0.4) is 0 Å². The van der Waals surface area contributed by atoms with E-state index in [-0.39, 0.29) is 23.9 Å². The van der Waals surface area contributed by atoms with Crippen molar-refractivity contribution in [3.8, 4) is 0 Å². The Morgan fingerprint density at radius 3 is 2.95 bits per heavy atom.